The number of hydrogen-bond donors (Lipinski definition) is 1. The maximum absolute atomic E-state index is 3.47. The summed E-state index contributed by atoms with van der Waals surface area (Å²) in [7, 11) is 6.00. The molecule has 0 bridgehead atoms. The Hall–Kier alpha value is 0.0531. The van der Waals surface area contributed by atoms with Crippen LogP contribution in [0.25, 0.3) is 0 Å². The van der Waals surface area contributed by atoms with Crippen molar-refractivity contribution in [1.29, 1.82) is 0 Å². The molecule has 0 atom stereocenters. The fraction of sp³-hybridized carbons (Fsp3) is 0.500. The van der Waals surface area contributed by atoms with Crippen LogP contribution in [0, 0.1) is 6.20 Å². The first-order valence-corrected chi connectivity index (χ1v) is 2.70. The molecule has 0 aliphatic rings. The number of nitrogens with zero attached hydrogens (tertiary/aromatic N) is 2. The van der Waals surface area contributed by atoms with Gasteiger partial charge in [-0.25, -0.2) is 0 Å². The smallest absolute Gasteiger partial charge is 0 e. The van der Waals surface area contributed by atoms with Gasteiger partial charge in [0, 0.05) is 26.2 Å². The Balaban J connectivity index is 0. The average molecular weight is 217 g/mol. The van der Waals surface area contributed by atoms with Crippen molar-refractivity contribution < 1.29 is 26.2 Å². The third kappa shape index (κ3) is 15.7. The van der Waals surface area contributed by atoms with Crippen molar-refractivity contribution in [1.82, 2.24) is 15.1 Å². The molecule has 1 aromatic heterocycles. The quantitative estimate of drug-likeness (QED) is 0.637. The van der Waals surface area contributed by atoms with Gasteiger partial charge in [0.05, 0.1) is 0 Å². The number of hydrogen-bond acceptors (Lipinski definition) is 2. The molecule has 1 N–H and O–H groups in total. The first kappa shape index (κ1) is 12.7. The van der Waals surface area contributed by atoms with Gasteiger partial charge in [-0.1, -0.05) is 0 Å². The third-order valence-corrected chi connectivity index (χ3v) is 0.362. The van der Waals surface area contributed by atoms with Crippen LogP contribution in [0.1, 0.15) is 0 Å². The SMILES string of the molecule is CN(C)C.[Zr].[c-]1cc[nH]n1. The number of rotatable bonds is 0. The van der Waals surface area contributed by atoms with Gasteiger partial charge in [0.15, 0.2) is 0 Å². The normalized spacial score (nSPS) is 7.60. The molecular formula is C6H12N3Zr-. The standard InChI is InChI=1S/C3H3N2.C3H9N.Zr/c1-2-4-5-3-1;1-4(2)3;/h1-2H,(H,4,5);1-3H3;/q-1;;. The number of aromatic nitrogens is 2. The van der Waals surface area contributed by atoms with Gasteiger partial charge < -0.3 is 15.1 Å². The van der Waals surface area contributed by atoms with E-state index in [0.29, 0.717) is 0 Å². The molecule has 4 heteroatoms. The molecule has 0 unspecified atom stereocenters. The average Bonchev–Trinajstić information content (AvgIpc) is 2.11. The van der Waals surface area contributed by atoms with Crippen LogP contribution in [0.4, 0.5) is 0 Å². The maximum atomic E-state index is 3.47. The van der Waals surface area contributed by atoms with Crippen LogP contribution >= 0.6 is 0 Å². The summed E-state index contributed by atoms with van der Waals surface area (Å²) in [6.07, 6.45) is 4.26. The van der Waals surface area contributed by atoms with Crippen molar-refractivity contribution in [2.24, 2.45) is 0 Å². The molecule has 0 fully saturated rings. The van der Waals surface area contributed by atoms with E-state index < -0.39 is 0 Å². The fourth-order valence-corrected chi connectivity index (χ4v) is 0.186. The van der Waals surface area contributed by atoms with Gasteiger partial charge in [-0.15, -0.1) is 12.4 Å². The summed E-state index contributed by atoms with van der Waals surface area (Å²) >= 11 is 0. The summed E-state index contributed by atoms with van der Waals surface area (Å²) in [5.74, 6) is 0. The summed E-state index contributed by atoms with van der Waals surface area (Å²) in [5.41, 5.74) is 0. The minimum atomic E-state index is 0. The molecule has 56 valence electrons. The van der Waals surface area contributed by atoms with E-state index in [4.69, 9.17) is 0 Å². The summed E-state index contributed by atoms with van der Waals surface area (Å²) in [6.45, 7) is 0. The Kier molecular flexibility index (Phi) is 11.5. The number of nitrogens with one attached hydrogen (secondary N) is 1. The number of aromatic amines is 1. The minimum Gasteiger partial charge on any atom is -0.382 e. The van der Waals surface area contributed by atoms with E-state index in [1.165, 1.54) is 0 Å². The molecule has 0 spiro atoms. The predicted octanol–water partition coefficient (Wildman–Crippen LogP) is 0.385. The van der Waals surface area contributed by atoms with E-state index in [1.807, 2.05) is 26.0 Å². The van der Waals surface area contributed by atoms with Gasteiger partial charge in [0.2, 0.25) is 0 Å². The molecule has 0 aliphatic heterocycles. The van der Waals surface area contributed by atoms with E-state index in [2.05, 4.69) is 16.4 Å². The Morgan fingerprint density at radius 3 is 2.00 bits per heavy atom. The molecular weight excluding hydrogens is 205 g/mol. The van der Waals surface area contributed by atoms with E-state index in [-0.39, 0.29) is 26.2 Å². The second-order valence-electron chi connectivity index (χ2n) is 2.04. The molecule has 1 aromatic rings. The Bertz CT molecular complexity index is 96.6. The molecule has 10 heavy (non-hydrogen) atoms. The second kappa shape index (κ2) is 9.05. The van der Waals surface area contributed by atoms with E-state index in [1.54, 1.807) is 12.3 Å². The summed E-state index contributed by atoms with van der Waals surface area (Å²) in [4.78, 5) is 2.00. The maximum Gasteiger partial charge on any atom is 0 e. The molecule has 1 heterocycles. The van der Waals surface area contributed by atoms with Crippen LogP contribution in [0.15, 0.2) is 12.3 Å². The predicted molar refractivity (Wildman–Crippen MR) is 37.0 cm³/mol. The van der Waals surface area contributed by atoms with Gasteiger partial charge >= 0.3 is 0 Å². The van der Waals surface area contributed by atoms with Crippen LogP contribution in [0.2, 0.25) is 0 Å². The first-order valence-electron chi connectivity index (χ1n) is 2.70. The molecule has 0 saturated heterocycles. The molecule has 0 saturated carbocycles. The molecule has 0 radical (unpaired) electrons. The van der Waals surface area contributed by atoms with Crippen molar-refractivity contribution in [2.75, 3.05) is 21.1 Å². The molecule has 1 rings (SSSR count). The summed E-state index contributed by atoms with van der Waals surface area (Å²) in [6, 6.07) is 1.71. The zero-order valence-electron chi connectivity index (χ0n) is 6.55. The van der Waals surface area contributed by atoms with Gasteiger partial charge in [-0.2, -0.15) is 6.07 Å². The van der Waals surface area contributed by atoms with Gasteiger partial charge in [0.1, 0.15) is 0 Å². The molecule has 3 nitrogen and oxygen atoms in total. The Morgan fingerprint density at radius 1 is 1.40 bits per heavy atom. The monoisotopic (exact) mass is 216 g/mol. The fourth-order valence-electron chi connectivity index (χ4n) is 0.186. The molecule has 0 aliphatic carbocycles. The first-order chi connectivity index (χ1) is 4.23. The molecule has 0 aromatic carbocycles. The van der Waals surface area contributed by atoms with Crippen molar-refractivity contribution >= 4 is 0 Å². The van der Waals surface area contributed by atoms with Gasteiger partial charge in [-0.3, -0.25) is 0 Å². The van der Waals surface area contributed by atoms with Crippen molar-refractivity contribution in [3.05, 3.63) is 18.5 Å². The van der Waals surface area contributed by atoms with Crippen molar-refractivity contribution in [2.45, 2.75) is 0 Å². The summed E-state index contributed by atoms with van der Waals surface area (Å²) < 4.78 is 0. The van der Waals surface area contributed by atoms with Crippen LogP contribution in [-0.2, 0) is 26.2 Å². The zero-order chi connectivity index (χ0) is 7.11. The zero-order valence-corrected chi connectivity index (χ0v) is 9.01. The van der Waals surface area contributed by atoms with Gasteiger partial charge in [-0.05, 0) is 21.1 Å². The Labute approximate surface area is 80.9 Å². The number of H-pyrrole nitrogens is 1. The summed E-state index contributed by atoms with van der Waals surface area (Å²) in [5, 5.41) is 6.03. The topological polar surface area (TPSA) is 31.9 Å². The largest absolute Gasteiger partial charge is 0.382 e. The van der Waals surface area contributed by atoms with Crippen LogP contribution in [-0.4, -0.2) is 36.2 Å². The minimum absolute atomic E-state index is 0. The Morgan fingerprint density at radius 2 is 1.90 bits per heavy atom. The third-order valence-electron chi connectivity index (χ3n) is 0.362. The van der Waals surface area contributed by atoms with Crippen LogP contribution in [0.3, 0.4) is 0 Å². The molecule has 0 amide bonds. The van der Waals surface area contributed by atoms with E-state index >= 15 is 0 Å². The van der Waals surface area contributed by atoms with Gasteiger partial charge in [0.25, 0.3) is 0 Å². The van der Waals surface area contributed by atoms with Crippen molar-refractivity contribution in [3.8, 4) is 0 Å². The van der Waals surface area contributed by atoms with Crippen LogP contribution < -0.4 is 0 Å². The van der Waals surface area contributed by atoms with Crippen molar-refractivity contribution in [3.63, 3.8) is 0 Å². The second-order valence-corrected chi connectivity index (χ2v) is 2.04. The van der Waals surface area contributed by atoms with E-state index in [9.17, 15) is 0 Å². The van der Waals surface area contributed by atoms with Crippen LogP contribution in [0.5, 0.6) is 0 Å². The van der Waals surface area contributed by atoms with E-state index in [0.717, 1.165) is 0 Å².